The van der Waals surface area contributed by atoms with Crippen LogP contribution in [0.25, 0.3) is 0 Å². The number of fused-ring (bicyclic) bond motifs is 1. The summed E-state index contributed by atoms with van der Waals surface area (Å²) < 4.78 is 5.67. The molecule has 1 aliphatic heterocycles. The van der Waals surface area contributed by atoms with Crippen molar-refractivity contribution < 1.29 is 38.3 Å². The van der Waals surface area contributed by atoms with E-state index in [0.717, 1.165) is 32.1 Å². The molecule has 1 aromatic carbocycles. The van der Waals surface area contributed by atoms with Crippen molar-refractivity contribution in [2.45, 2.75) is 117 Å². The van der Waals surface area contributed by atoms with Crippen molar-refractivity contribution in [1.29, 1.82) is 0 Å². The molecule has 1 heterocycles. The van der Waals surface area contributed by atoms with Crippen molar-refractivity contribution in [2.24, 2.45) is 22.7 Å². The minimum Gasteiger partial charge on any atom is -0.446 e. The quantitative estimate of drug-likeness (QED) is 0.210. The zero-order valence-corrected chi connectivity index (χ0v) is 32.5. The Morgan fingerprint density at radius 3 is 2.17 bits per heavy atom. The summed E-state index contributed by atoms with van der Waals surface area (Å²) in [6.45, 7) is 11.1. The third kappa shape index (κ3) is 9.94. The van der Waals surface area contributed by atoms with Gasteiger partial charge in [-0.1, -0.05) is 84.7 Å². The lowest BCUT2D eigenvalue weighted by molar-refractivity contribution is -0.145. The van der Waals surface area contributed by atoms with Crippen LogP contribution in [0, 0.1) is 22.7 Å². The van der Waals surface area contributed by atoms with E-state index in [1.807, 2.05) is 34.6 Å². The van der Waals surface area contributed by atoms with E-state index in [2.05, 4.69) is 21.3 Å². The number of nitrogens with zero attached hydrogens (tertiary/aromatic N) is 2. The Balaban J connectivity index is 1.43. The molecular formula is C39H58N6O8. The number of carbonyl (C=O) groups excluding carboxylic acids is 7. The number of rotatable bonds is 14. The maximum absolute atomic E-state index is 14.2. The molecule has 1 aromatic rings. The highest BCUT2D eigenvalue weighted by atomic mass is 16.6. The Morgan fingerprint density at radius 2 is 1.58 bits per heavy atom. The number of nitrogens with one attached hydrogen (secondary N) is 4. The van der Waals surface area contributed by atoms with Crippen LogP contribution >= 0.6 is 0 Å². The number of amides is 6. The zero-order valence-electron chi connectivity index (χ0n) is 32.5. The number of Topliss-reactive ketones (excluding diaryl/α,β-unsaturated/α-hetero) is 1. The highest BCUT2D eigenvalue weighted by molar-refractivity contribution is 6.38. The normalized spacial score (nSPS) is 22.3. The van der Waals surface area contributed by atoms with E-state index in [-0.39, 0.29) is 35.7 Å². The Kier molecular flexibility index (Phi) is 13.3. The largest absolute Gasteiger partial charge is 0.446 e. The zero-order chi connectivity index (χ0) is 39.2. The van der Waals surface area contributed by atoms with Crippen molar-refractivity contribution in [3.63, 3.8) is 0 Å². The van der Waals surface area contributed by atoms with E-state index in [1.165, 1.54) is 9.80 Å². The fraction of sp³-hybridized carbons (Fsp3) is 0.667. The molecule has 6 amide bonds. The number of carbonyl (C=O) groups is 7. The van der Waals surface area contributed by atoms with Crippen LogP contribution in [-0.2, 0) is 33.5 Å². The molecule has 6 atom stereocenters. The molecule has 4 rings (SSSR count). The van der Waals surface area contributed by atoms with E-state index in [4.69, 9.17) is 4.74 Å². The number of hydrogen-bond donors (Lipinski definition) is 4. The molecule has 0 spiro atoms. The van der Waals surface area contributed by atoms with Crippen LogP contribution in [0.3, 0.4) is 0 Å². The number of piperidine rings is 1. The van der Waals surface area contributed by atoms with E-state index in [0.29, 0.717) is 18.5 Å². The number of ether oxygens (including phenoxy) is 1. The summed E-state index contributed by atoms with van der Waals surface area (Å²) in [7, 11) is 3.12. The van der Waals surface area contributed by atoms with Gasteiger partial charge in [0.2, 0.25) is 29.4 Å². The predicted octanol–water partition coefficient (Wildman–Crippen LogP) is 2.86. The van der Waals surface area contributed by atoms with Crippen molar-refractivity contribution in [3.05, 3.63) is 35.9 Å². The second-order valence-electron chi connectivity index (χ2n) is 16.5. The molecule has 0 radical (unpaired) electrons. The van der Waals surface area contributed by atoms with Gasteiger partial charge in [-0.05, 0) is 60.3 Å². The van der Waals surface area contributed by atoms with Crippen LogP contribution in [-0.4, -0.2) is 103 Å². The van der Waals surface area contributed by atoms with Crippen LogP contribution in [0.1, 0.15) is 98.1 Å². The minimum atomic E-state index is -1.21. The summed E-state index contributed by atoms with van der Waals surface area (Å²) in [6.07, 6.45) is 4.37. The Hall–Kier alpha value is -4.49. The van der Waals surface area contributed by atoms with E-state index >= 15 is 0 Å². The SMILES string of the molecule is CCCC(NC(=O)[C@@H]1[C@H]2[C@@H](CN1C(=O)[C@@H](NC(=O)OC1CCCCC1)C(C)(C)C)C2(C)C)C(=O)C(=O)NCC(=O)N[C@H](C(=O)N(C)C)c1ccccc1. The minimum absolute atomic E-state index is 0.0400. The number of ketones is 1. The Labute approximate surface area is 312 Å². The van der Waals surface area contributed by atoms with Crippen molar-refractivity contribution >= 4 is 41.4 Å². The molecule has 1 unspecified atom stereocenters. The van der Waals surface area contributed by atoms with Gasteiger partial charge >= 0.3 is 6.09 Å². The number of benzene rings is 1. The molecule has 53 heavy (non-hydrogen) atoms. The summed E-state index contributed by atoms with van der Waals surface area (Å²) >= 11 is 0. The molecule has 14 heteroatoms. The summed E-state index contributed by atoms with van der Waals surface area (Å²) in [5.74, 6) is -4.16. The molecular weight excluding hydrogens is 680 g/mol. The molecule has 4 N–H and O–H groups in total. The summed E-state index contributed by atoms with van der Waals surface area (Å²) in [5, 5.41) is 10.5. The van der Waals surface area contributed by atoms with E-state index < -0.39 is 71.6 Å². The van der Waals surface area contributed by atoms with Gasteiger partial charge in [0.05, 0.1) is 12.6 Å². The smallest absolute Gasteiger partial charge is 0.408 e. The van der Waals surface area contributed by atoms with Gasteiger partial charge in [0.25, 0.3) is 5.91 Å². The van der Waals surface area contributed by atoms with Crippen LogP contribution in [0.2, 0.25) is 0 Å². The van der Waals surface area contributed by atoms with Crippen LogP contribution in [0.4, 0.5) is 4.79 Å². The monoisotopic (exact) mass is 738 g/mol. The van der Waals surface area contributed by atoms with Crippen LogP contribution < -0.4 is 21.3 Å². The highest BCUT2D eigenvalue weighted by Crippen LogP contribution is 2.65. The van der Waals surface area contributed by atoms with E-state index in [1.54, 1.807) is 51.4 Å². The second kappa shape index (κ2) is 17.1. The standard InChI is InChI=1S/C39H58N6O8/c1-9-16-26(31(47)34(49)40-21-27(46)42-29(35(50)44(7)8)23-17-12-10-13-18-23)41-33(48)30-28-25(39(28,5)6)22-45(30)36(51)32(38(2,3)4)43-37(52)53-24-19-14-11-15-20-24/h10,12-13,17-18,24-26,28-30,32H,9,11,14-16,19-22H2,1-8H3,(H,40,49)(H,41,48)(H,42,46)(H,43,52)/t25-,26?,28-,29+,30+,32-/m1/s1. The van der Waals surface area contributed by atoms with Crippen LogP contribution in [0.5, 0.6) is 0 Å². The Morgan fingerprint density at radius 1 is 0.943 bits per heavy atom. The lowest BCUT2D eigenvalue weighted by Gasteiger charge is -2.38. The molecule has 1 saturated heterocycles. The highest BCUT2D eigenvalue weighted by Gasteiger charge is 2.70. The van der Waals surface area contributed by atoms with Gasteiger partial charge in [-0.2, -0.15) is 0 Å². The maximum Gasteiger partial charge on any atom is 0.408 e. The maximum atomic E-state index is 14.2. The lowest BCUT2D eigenvalue weighted by atomic mass is 9.85. The van der Waals surface area contributed by atoms with Crippen molar-refractivity contribution in [3.8, 4) is 0 Å². The molecule has 0 bridgehead atoms. The predicted molar refractivity (Wildman–Crippen MR) is 197 cm³/mol. The van der Waals surface area contributed by atoms with Gasteiger partial charge in [0.15, 0.2) is 0 Å². The summed E-state index contributed by atoms with van der Waals surface area (Å²) in [4.78, 5) is 96.4. The average Bonchev–Trinajstić information content (AvgIpc) is 3.41. The summed E-state index contributed by atoms with van der Waals surface area (Å²) in [6, 6.07) is 4.54. The number of likely N-dealkylation sites (tertiary alicyclic amines) is 1. The molecule has 2 aliphatic carbocycles. The van der Waals surface area contributed by atoms with E-state index in [9.17, 15) is 33.6 Å². The average molecular weight is 739 g/mol. The first-order chi connectivity index (χ1) is 24.9. The van der Waals surface area contributed by atoms with Crippen LogP contribution in [0.15, 0.2) is 30.3 Å². The number of alkyl carbamates (subject to hydrolysis) is 1. The molecule has 14 nitrogen and oxygen atoms in total. The van der Waals surface area contributed by atoms with Crippen molar-refractivity contribution in [1.82, 2.24) is 31.1 Å². The van der Waals surface area contributed by atoms with Gasteiger partial charge in [0.1, 0.15) is 24.2 Å². The third-order valence-corrected chi connectivity index (χ3v) is 10.9. The lowest BCUT2D eigenvalue weighted by Crippen LogP contribution is -2.60. The number of hydrogen-bond acceptors (Lipinski definition) is 8. The molecule has 0 aromatic heterocycles. The topological polar surface area (TPSA) is 183 Å². The first-order valence-corrected chi connectivity index (χ1v) is 18.8. The fourth-order valence-electron chi connectivity index (χ4n) is 7.74. The van der Waals surface area contributed by atoms with Gasteiger partial charge in [0, 0.05) is 20.6 Å². The number of likely N-dealkylation sites (N-methyl/N-ethyl adjacent to an activating group) is 1. The molecule has 2 saturated carbocycles. The molecule has 292 valence electrons. The van der Waals surface area contributed by atoms with Gasteiger partial charge in [-0.25, -0.2) is 4.79 Å². The first-order valence-electron chi connectivity index (χ1n) is 18.8. The first kappa shape index (κ1) is 41.3. The third-order valence-electron chi connectivity index (χ3n) is 10.9. The molecule has 3 fully saturated rings. The second-order valence-corrected chi connectivity index (χ2v) is 16.5. The molecule has 3 aliphatic rings. The van der Waals surface area contributed by atoms with Gasteiger partial charge in [-0.3, -0.25) is 28.8 Å². The van der Waals surface area contributed by atoms with Gasteiger partial charge in [-0.15, -0.1) is 0 Å². The van der Waals surface area contributed by atoms with Gasteiger partial charge < -0.3 is 35.8 Å². The van der Waals surface area contributed by atoms with Crippen molar-refractivity contribution in [2.75, 3.05) is 27.2 Å². The summed E-state index contributed by atoms with van der Waals surface area (Å²) in [5.41, 5.74) is -0.390. The Bertz CT molecular complexity index is 1530. The fourth-order valence-corrected chi connectivity index (χ4v) is 7.74.